The highest BCUT2D eigenvalue weighted by Gasteiger charge is 2.19. The Balaban J connectivity index is 2.22. The van der Waals surface area contributed by atoms with Crippen LogP contribution < -0.4 is 0 Å². The summed E-state index contributed by atoms with van der Waals surface area (Å²) in [6.07, 6.45) is 2.58. The lowest BCUT2D eigenvalue weighted by Gasteiger charge is -2.19. The van der Waals surface area contributed by atoms with Crippen LogP contribution in [0.5, 0.6) is 0 Å². The predicted octanol–water partition coefficient (Wildman–Crippen LogP) is 0.664. The molecule has 0 aliphatic rings. The van der Waals surface area contributed by atoms with Gasteiger partial charge in [0.25, 0.3) is 0 Å². The number of aromatic nitrogens is 4. The van der Waals surface area contributed by atoms with E-state index in [-0.39, 0.29) is 19.3 Å². The Morgan fingerprint density at radius 1 is 1.38 bits per heavy atom. The zero-order chi connectivity index (χ0) is 15.5. The Morgan fingerprint density at radius 2 is 2.14 bits per heavy atom. The fourth-order valence-electron chi connectivity index (χ4n) is 1.88. The number of imidazole rings is 1. The molecule has 2 heterocycles. The van der Waals surface area contributed by atoms with Gasteiger partial charge in [0.1, 0.15) is 22.8 Å². The molecule has 0 amide bonds. The maximum atomic E-state index is 10.8. The highest BCUT2D eigenvalue weighted by atomic mass is 79.9. The van der Waals surface area contributed by atoms with Crippen molar-refractivity contribution in [3.8, 4) is 0 Å². The molecule has 0 saturated carbocycles. The van der Waals surface area contributed by atoms with Crippen LogP contribution in [0.2, 0.25) is 0 Å². The van der Waals surface area contributed by atoms with Crippen LogP contribution in [0.3, 0.4) is 0 Å². The molecule has 0 radical (unpaired) electrons. The van der Waals surface area contributed by atoms with E-state index in [1.54, 1.807) is 4.57 Å². The fraction of sp³-hybridized carbons (Fsp3) is 0.500. The standard InChI is InChI=1S/C10H14BrN4O5P/c11-9-8-10(13-4-12-9)14-5-15(8)7(1-2-16)3-20-6-21(17,18)19/h4-5,7,16H,1-3,6H2,(H2,17,18,19). The molecule has 1 atom stereocenters. The van der Waals surface area contributed by atoms with Gasteiger partial charge in [-0.05, 0) is 22.4 Å². The van der Waals surface area contributed by atoms with Crippen molar-refractivity contribution >= 4 is 34.7 Å². The molecule has 11 heteroatoms. The monoisotopic (exact) mass is 380 g/mol. The van der Waals surface area contributed by atoms with E-state index in [1.165, 1.54) is 12.7 Å². The first-order chi connectivity index (χ1) is 9.92. The van der Waals surface area contributed by atoms with Gasteiger partial charge in [-0.3, -0.25) is 4.57 Å². The summed E-state index contributed by atoms with van der Waals surface area (Å²) in [5.74, 6) is 0. The maximum absolute atomic E-state index is 10.8. The summed E-state index contributed by atoms with van der Waals surface area (Å²) in [7, 11) is -4.22. The van der Waals surface area contributed by atoms with E-state index in [1.807, 2.05) is 0 Å². The summed E-state index contributed by atoms with van der Waals surface area (Å²) < 4.78 is 18.1. The molecule has 2 aromatic heterocycles. The van der Waals surface area contributed by atoms with Gasteiger partial charge in [0.15, 0.2) is 5.65 Å². The number of nitrogens with zero attached hydrogens (tertiary/aromatic N) is 4. The van der Waals surface area contributed by atoms with E-state index >= 15 is 0 Å². The SMILES string of the molecule is O=P(O)(O)COCC(CCO)n1cnc2ncnc(Br)c21. The average molecular weight is 381 g/mol. The lowest BCUT2D eigenvalue weighted by atomic mass is 10.2. The minimum atomic E-state index is -4.22. The van der Waals surface area contributed by atoms with Crippen LogP contribution in [0.1, 0.15) is 12.5 Å². The Morgan fingerprint density at radius 3 is 2.81 bits per heavy atom. The number of hydrogen-bond acceptors (Lipinski definition) is 6. The molecule has 2 aromatic rings. The van der Waals surface area contributed by atoms with Crippen LogP contribution in [0.4, 0.5) is 0 Å². The van der Waals surface area contributed by atoms with E-state index in [4.69, 9.17) is 19.6 Å². The highest BCUT2D eigenvalue weighted by Crippen LogP contribution is 2.34. The number of fused-ring (bicyclic) bond motifs is 1. The lowest BCUT2D eigenvalue weighted by Crippen LogP contribution is -2.17. The number of ether oxygens (including phenoxy) is 1. The molecule has 9 nitrogen and oxygen atoms in total. The molecule has 116 valence electrons. The van der Waals surface area contributed by atoms with E-state index in [9.17, 15) is 4.57 Å². The van der Waals surface area contributed by atoms with E-state index < -0.39 is 13.9 Å². The van der Waals surface area contributed by atoms with Crippen molar-refractivity contribution in [3.63, 3.8) is 0 Å². The predicted molar refractivity (Wildman–Crippen MR) is 76.6 cm³/mol. The number of hydrogen-bond donors (Lipinski definition) is 3. The van der Waals surface area contributed by atoms with Gasteiger partial charge in [0.05, 0.1) is 19.0 Å². The van der Waals surface area contributed by atoms with Crippen molar-refractivity contribution in [2.45, 2.75) is 12.5 Å². The zero-order valence-electron chi connectivity index (χ0n) is 10.8. The van der Waals surface area contributed by atoms with Crippen LogP contribution in [0.15, 0.2) is 17.3 Å². The van der Waals surface area contributed by atoms with Crippen LogP contribution >= 0.6 is 23.5 Å². The quantitative estimate of drug-likeness (QED) is 0.471. The zero-order valence-corrected chi connectivity index (χ0v) is 13.3. The summed E-state index contributed by atoms with van der Waals surface area (Å²) in [6, 6.07) is -0.339. The van der Waals surface area contributed by atoms with Gasteiger partial charge in [-0.15, -0.1) is 0 Å². The van der Waals surface area contributed by atoms with Crippen molar-refractivity contribution in [2.75, 3.05) is 19.6 Å². The van der Waals surface area contributed by atoms with Crippen molar-refractivity contribution in [1.29, 1.82) is 0 Å². The van der Waals surface area contributed by atoms with Crippen molar-refractivity contribution in [3.05, 3.63) is 17.3 Å². The number of aliphatic hydroxyl groups excluding tert-OH is 1. The summed E-state index contributed by atoms with van der Waals surface area (Å²) in [4.78, 5) is 29.8. The summed E-state index contributed by atoms with van der Waals surface area (Å²) in [6.45, 7) is -0.0760. The van der Waals surface area contributed by atoms with Crippen LogP contribution in [0, 0.1) is 0 Å². The topological polar surface area (TPSA) is 131 Å². The highest BCUT2D eigenvalue weighted by molar-refractivity contribution is 9.10. The number of rotatable bonds is 7. The number of aliphatic hydroxyl groups is 1. The molecular formula is C10H14BrN4O5P. The Kier molecular flexibility index (Phi) is 5.42. The average Bonchev–Trinajstić information content (AvgIpc) is 2.81. The molecule has 1 unspecified atom stereocenters. The number of halogens is 1. The molecule has 3 N–H and O–H groups in total. The maximum Gasteiger partial charge on any atom is 0.350 e. The van der Waals surface area contributed by atoms with Crippen LogP contribution in [-0.2, 0) is 9.30 Å². The largest absolute Gasteiger partial charge is 0.396 e. The Bertz CT molecular complexity index is 660. The molecule has 2 rings (SSSR count). The van der Waals surface area contributed by atoms with E-state index in [2.05, 4.69) is 30.9 Å². The first kappa shape index (κ1) is 16.5. The Hall–Kier alpha value is -0.900. The fourth-order valence-corrected chi connectivity index (χ4v) is 2.69. The summed E-state index contributed by atoms with van der Waals surface area (Å²) in [5, 5.41) is 9.15. The summed E-state index contributed by atoms with van der Waals surface area (Å²) >= 11 is 3.31. The Labute approximate surface area is 128 Å². The van der Waals surface area contributed by atoms with Crippen LogP contribution in [-0.4, -0.2) is 54.0 Å². The van der Waals surface area contributed by atoms with Gasteiger partial charge in [-0.25, -0.2) is 15.0 Å². The van der Waals surface area contributed by atoms with Gasteiger partial charge < -0.3 is 24.2 Å². The first-order valence-corrected chi connectivity index (χ1v) is 8.57. The summed E-state index contributed by atoms with van der Waals surface area (Å²) in [5.41, 5.74) is 1.12. The normalized spacial score (nSPS) is 13.7. The molecule has 0 aliphatic carbocycles. The molecule has 0 fully saturated rings. The second-order valence-electron chi connectivity index (χ2n) is 4.32. The smallest absolute Gasteiger partial charge is 0.350 e. The second kappa shape index (κ2) is 6.91. The van der Waals surface area contributed by atoms with Crippen molar-refractivity contribution < 1.29 is 24.2 Å². The van der Waals surface area contributed by atoms with Gasteiger partial charge in [0, 0.05) is 6.61 Å². The molecular weight excluding hydrogens is 367 g/mol. The first-order valence-electron chi connectivity index (χ1n) is 5.98. The third kappa shape index (κ3) is 4.29. The molecule has 21 heavy (non-hydrogen) atoms. The molecule has 0 aromatic carbocycles. The third-order valence-corrected chi connectivity index (χ3v) is 3.85. The minimum absolute atomic E-state index is 0.0263. The van der Waals surface area contributed by atoms with E-state index in [0.717, 1.165) is 0 Å². The van der Waals surface area contributed by atoms with Crippen LogP contribution in [0.25, 0.3) is 11.2 Å². The van der Waals surface area contributed by atoms with Gasteiger partial charge in [0.2, 0.25) is 0 Å². The van der Waals surface area contributed by atoms with Gasteiger partial charge >= 0.3 is 7.60 Å². The molecule has 0 spiro atoms. The molecule has 0 bridgehead atoms. The van der Waals surface area contributed by atoms with Crippen molar-refractivity contribution in [1.82, 2.24) is 19.5 Å². The molecule has 0 aliphatic heterocycles. The van der Waals surface area contributed by atoms with Gasteiger partial charge in [-0.2, -0.15) is 0 Å². The van der Waals surface area contributed by atoms with Gasteiger partial charge in [-0.1, -0.05) is 0 Å². The molecule has 0 saturated heterocycles. The second-order valence-corrected chi connectivity index (χ2v) is 6.66. The lowest BCUT2D eigenvalue weighted by molar-refractivity contribution is 0.112. The minimum Gasteiger partial charge on any atom is -0.396 e. The third-order valence-electron chi connectivity index (χ3n) is 2.75. The van der Waals surface area contributed by atoms with Crippen molar-refractivity contribution in [2.24, 2.45) is 0 Å². The van der Waals surface area contributed by atoms with E-state index in [0.29, 0.717) is 22.2 Å².